The van der Waals surface area contributed by atoms with Gasteiger partial charge in [-0.2, -0.15) is 0 Å². The molecule has 0 bridgehead atoms. The summed E-state index contributed by atoms with van der Waals surface area (Å²) in [6.07, 6.45) is 0.934. The van der Waals surface area contributed by atoms with Crippen molar-refractivity contribution in [3.05, 3.63) is 33.8 Å². The number of hydrogen-bond acceptors (Lipinski definition) is 1. The number of halogens is 3. The van der Waals surface area contributed by atoms with Crippen molar-refractivity contribution in [1.82, 2.24) is 5.32 Å². The van der Waals surface area contributed by atoms with E-state index in [0.717, 1.165) is 25.1 Å². The molecular formula is C13H16BrF2N. The van der Waals surface area contributed by atoms with Crippen LogP contribution in [0.1, 0.15) is 30.4 Å². The van der Waals surface area contributed by atoms with Crippen molar-refractivity contribution in [2.75, 3.05) is 13.1 Å². The van der Waals surface area contributed by atoms with E-state index >= 15 is 0 Å². The number of benzene rings is 1. The van der Waals surface area contributed by atoms with Gasteiger partial charge in [0.25, 0.3) is 6.43 Å². The molecule has 4 heteroatoms. The second-order valence-electron chi connectivity index (χ2n) is 4.55. The van der Waals surface area contributed by atoms with Crippen molar-refractivity contribution in [3.63, 3.8) is 0 Å². The Morgan fingerprint density at radius 1 is 1.29 bits per heavy atom. The summed E-state index contributed by atoms with van der Waals surface area (Å²) in [6.45, 7) is 2.14. The monoisotopic (exact) mass is 303 g/mol. The van der Waals surface area contributed by atoms with Crippen LogP contribution in [0.3, 0.4) is 0 Å². The Bertz CT molecular complexity index is 376. The normalized spacial score (nSPS) is 17.6. The molecule has 1 aliphatic rings. The first-order valence-corrected chi connectivity index (χ1v) is 6.73. The van der Waals surface area contributed by atoms with Crippen LogP contribution in [0, 0.1) is 5.92 Å². The molecule has 1 aromatic rings. The summed E-state index contributed by atoms with van der Waals surface area (Å²) in [6, 6.07) is 5.20. The summed E-state index contributed by atoms with van der Waals surface area (Å²) in [5.41, 5.74) is 1.23. The van der Waals surface area contributed by atoms with Crippen LogP contribution in [0.2, 0.25) is 0 Å². The molecule has 0 aliphatic carbocycles. The van der Waals surface area contributed by atoms with E-state index in [1.54, 1.807) is 0 Å². The van der Waals surface area contributed by atoms with Crippen LogP contribution in [-0.2, 0) is 6.42 Å². The molecule has 1 heterocycles. The SMILES string of the molecule is FC(F)c1ccc(CC2CCNCC2)cc1Br. The van der Waals surface area contributed by atoms with Crippen molar-refractivity contribution >= 4 is 15.9 Å². The first-order chi connectivity index (χ1) is 8.16. The smallest absolute Gasteiger partial charge is 0.264 e. The van der Waals surface area contributed by atoms with Gasteiger partial charge in [0.05, 0.1) is 0 Å². The summed E-state index contributed by atoms with van der Waals surface area (Å²) in [4.78, 5) is 0. The number of rotatable bonds is 3. The van der Waals surface area contributed by atoms with Crippen LogP contribution in [0.5, 0.6) is 0 Å². The Morgan fingerprint density at radius 2 is 2.00 bits per heavy atom. The van der Waals surface area contributed by atoms with Gasteiger partial charge < -0.3 is 5.32 Å². The first kappa shape index (κ1) is 13.0. The van der Waals surface area contributed by atoms with Gasteiger partial charge in [-0.3, -0.25) is 0 Å². The molecule has 0 spiro atoms. The standard InChI is InChI=1S/C13H16BrF2N/c14-12-8-10(1-2-11(12)13(15)16)7-9-3-5-17-6-4-9/h1-2,8-9,13,17H,3-7H2. The summed E-state index contributed by atoms with van der Waals surface area (Å²) in [7, 11) is 0. The zero-order valence-electron chi connectivity index (χ0n) is 9.56. The van der Waals surface area contributed by atoms with Crippen molar-refractivity contribution in [2.45, 2.75) is 25.7 Å². The molecule has 0 atom stereocenters. The topological polar surface area (TPSA) is 12.0 Å². The Hall–Kier alpha value is -0.480. The molecule has 1 N–H and O–H groups in total. The molecule has 0 amide bonds. The Kier molecular flexibility index (Phi) is 4.51. The maximum atomic E-state index is 12.6. The van der Waals surface area contributed by atoms with E-state index in [2.05, 4.69) is 21.2 Å². The molecule has 94 valence electrons. The lowest BCUT2D eigenvalue weighted by Crippen LogP contribution is -2.28. The third-order valence-corrected chi connectivity index (χ3v) is 3.97. The minimum atomic E-state index is -2.41. The number of alkyl halides is 2. The second kappa shape index (κ2) is 5.91. The predicted molar refractivity (Wildman–Crippen MR) is 68.4 cm³/mol. The van der Waals surface area contributed by atoms with E-state index in [4.69, 9.17) is 0 Å². The van der Waals surface area contributed by atoms with Gasteiger partial charge in [0, 0.05) is 10.0 Å². The summed E-state index contributed by atoms with van der Waals surface area (Å²) in [5.74, 6) is 0.681. The minimum Gasteiger partial charge on any atom is -0.317 e. The molecular weight excluding hydrogens is 288 g/mol. The highest BCUT2D eigenvalue weighted by molar-refractivity contribution is 9.10. The molecule has 1 aromatic carbocycles. The molecule has 0 saturated carbocycles. The van der Waals surface area contributed by atoms with Crippen molar-refractivity contribution in [1.29, 1.82) is 0 Å². The Balaban J connectivity index is 2.04. The quantitative estimate of drug-likeness (QED) is 0.892. The molecule has 17 heavy (non-hydrogen) atoms. The first-order valence-electron chi connectivity index (χ1n) is 5.94. The Labute approximate surface area is 109 Å². The van der Waals surface area contributed by atoms with Crippen LogP contribution < -0.4 is 5.32 Å². The van der Waals surface area contributed by atoms with E-state index in [1.165, 1.54) is 18.9 Å². The van der Waals surface area contributed by atoms with Crippen molar-refractivity contribution in [2.24, 2.45) is 5.92 Å². The maximum Gasteiger partial charge on any atom is 0.264 e. The number of hydrogen-bond donors (Lipinski definition) is 1. The number of piperidine rings is 1. The average molecular weight is 304 g/mol. The summed E-state index contributed by atoms with van der Waals surface area (Å²) >= 11 is 3.22. The lowest BCUT2D eigenvalue weighted by Gasteiger charge is -2.22. The summed E-state index contributed by atoms with van der Waals surface area (Å²) < 4.78 is 25.7. The molecule has 1 saturated heterocycles. The molecule has 2 rings (SSSR count). The predicted octanol–water partition coefficient (Wildman–Crippen LogP) is 3.93. The lowest BCUT2D eigenvalue weighted by molar-refractivity contribution is 0.150. The van der Waals surface area contributed by atoms with Gasteiger partial charge in [-0.05, 0) is 49.9 Å². The fourth-order valence-electron chi connectivity index (χ4n) is 2.29. The number of nitrogens with one attached hydrogen (secondary N) is 1. The molecule has 0 aromatic heterocycles. The second-order valence-corrected chi connectivity index (χ2v) is 5.41. The maximum absolute atomic E-state index is 12.6. The minimum absolute atomic E-state index is 0.0825. The Morgan fingerprint density at radius 3 is 2.59 bits per heavy atom. The van der Waals surface area contributed by atoms with Gasteiger partial charge in [-0.15, -0.1) is 0 Å². The zero-order chi connectivity index (χ0) is 12.3. The van der Waals surface area contributed by atoms with E-state index in [0.29, 0.717) is 10.4 Å². The largest absolute Gasteiger partial charge is 0.317 e. The highest BCUT2D eigenvalue weighted by atomic mass is 79.9. The third kappa shape index (κ3) is 3.49. The molecule has 0 radical (unpaired) electrons. The zero-order valence-corrected chi connectivity index (χ0v) is 11.1. The van der Waals surface area contributed by atoms with Crippen LogP contribution in [0.4, 0.5) is 8.78 Å². The molecule has 1 fully saturated rings. The third-order valence-electron chi connectivity index (χ3n) is 3.28. The van der Waals surface area contributed by atoms with Gasteiger partial charge in [0.1, 0.15) is 0 Å². The van der Waals surface area contributed by atoms with E-state index in [9.17, 15) is 8.78 Å². The van der Waals surface area contributed by atoms with Crippen LogP contribution >= 0.6 is 15.9 Å². The molecule has 0 unspecified atom stereocenters. The van der Waals surface area contributed by atoms with Gasteiger partial charge in [-0.25, -0.2) is 8.78 Å². The van der Waals surface area contributed by atoms with Crippen LogP contribution in [0.15, 0.2) is 22.7 Å². The summed E-state index contributed by atoms with van der Waals surface area (Å²) in [5, 5.41) is 3.33. The van der Waals surface area contributed by atoms with Gasteiger partial charge >= 0.3 is 0 Å². The highest BCUT2D eigenvalue weighted by Crippen LogP contribution is 2.29. The van der Waals surface area contributed by atoms with Crippen molar-refractivity contribution in [3.8, 4) is 0 Å². The lowest BCUT2D eigenvalue weighted by atomic mass is 9.91. The van der Waals surface area contributed by atoms with E-state index < -0.39 is 6.43 Å². The average Bonchev–Trinajstić information content (AvgIpc) is 2.30. The van der Waals surface area contributed by atoms with Gasteiger partial charge in [0.2, 0.25) is 0 Å². The van der Waals surface area contributed by atoms with Gasteiger partial charge in [0.15, 0.2) is 0 Å². The fourth-order valence-corrected chi connectivity index (χ4v) is 2.89. The highest BCUT2D eigenvalue weighted by Gasteiger charge is 2.16. The van der Waals surface area contributed by atoms with Gasteiger partial charge in [-0.1, -0.05) is 28.1 Å². The van der Waals surface area contributed by atoms with Crippen LogP contribution in [0.25, 0.3) is 0 Å². The van der Waals surface area contributed by atoms with E-state index in [1.807, 2.05) is 12.1 Å². The fraction of sp³-hybridized carbons (Fsp3) is 0.538. The van der Waals surface area contributed by atoms with Crippen LogP contribution in [-0.4, -0.2) is 13.1 Å². The molecule has 1 aliphatic heterocycles. The van der Waals surface area contributed by atoms with E-state index in [-0.39, 0.29) is 5.56 Å². The van der Waals surface area contributed by atoms with Crippen molar-refractivity contribution < 1.29 is 8.78 Å². The molecule has 1 nitrogen and oxygen atoms in total.